The van der Waals surface area contributed by atoms with Crippen LogP contribution in [0.15, 0.2) is 0 Å². The van der Waals surface area contributed by atoms with E-state index in [-0.39, 0.29) is 5.91 Å². The average molecular weight is 291 g/mol. The van der Waals surface area contributed by atoms with E-state index in [9.17, 15) is 10.1 Å². The summed E-state index contributed by atoms with van der Waals surface area (Å²) in [7, 11) is 0. The first kappa shape index (κ1) is 16.3. The van der Waals surface area contributed by atoms with Crippen LogP contribution in [0, 0.1) is 22.7 Å². The van der Waals surface area contributed by atoms with Crippen LogP contribution in [0.1, 0.15) is 52.4 Å². The van der Waals surface area contributed by atoms with Gasteiger partial charge in [-0.05, 0) is 31.6 Å². The van der Waals surface area contributed by atoms with Crippen LogP contribution in [0.25, 0.3) is 0 Å². The van der Waals surface area contributed by atoms with E-state index in [1.54, 1.807) is 0 Å². The molecule has 4 nitrogen and oxygen atoms in total. The molecule has 1 saturated carbocycles. The molecule has 0 bridgehead atoms. The molecule has 0 unspecified atom stereocenters. The highest BCUT2D eigenvalue weighted by Crippen LogP contribution is 2.33. The number of hydrogen-bond donors (Lipinski definition) is 0. The third-order valence-corrected chi connectivity index (χ3v) is 4.85. The third-order valence-electron chi connectivity index (χ3n) is 4.85. The van der Waals surface area contributed by atoms with Gasteiger partial charge in [-0.25, -0.2) is 0 Å². The molecule has 2 aliphatic rings. The summed E-state index contributed by atoms with van der Waals surface area (Å²) < 4.78 is 0. The van der Waals surface area contributed by atoms with Gasteiger partial charge in [0.2, 0.25) is 5.91 Å². The van der Waals surface area contributed by atoms with Crippen molar-refractivity contribution in [2.75, 3.05) is 32.7 Å². The molecule has 1 heterocycles. The lowest BCUT2D eigenvalue weighted by Crippen LogP contribution is -2.53. The minimum atomic E-state index is -0.776. The van der Waals surface area contributed by atoms with Gasteiger partial charge < -0.3 is 4.90 Å². The minimum Gasteiger partial charge on any atom is -0.339 e. The Kier molecular flexibility index (Phi) is 5.64. The molecule has 1 amide bonds. The molecule has 0 radical (unpaired) electrons. The zero-order chi connectivity index (χ0) is 15.3. The van der Waals surface area contributed by atoms with Gasteiger partial charge in [-0.3, -0.25) is 9.69 Å². The summed E-state index contributed by atoms with van der Waals surface area (Å²) in [4.78, 5) is 17.3. The lowest BCUT2D eigenvalue weighted by Gasteiger charge is -2.38. The number of hydrogen-bond acceptors (Lipinski definition) is 3. The van der Waals surface area contributed by atoms with E-state index in [0.29, 0.717) is 12.8 Å². The molecule has 2 fully saturated rings. The number of amides is 1. The van der Waals surface area contributed by atoms with Crippen LogP contribution >= 0.6 is 0 Å². The molecule has 21 heavy (non-hydrogen) atoms. The molecular formula is C17H29N3O. The molecule has 1 aliphatic heterocycles. The first-order valence-electron chi connectivity index (χ1n) is 8.58. The average Bonchev–Trinajstić information content (AvgIpc) is 3.31. The molecule has 4 heteroatoms. The Morgan fingerprint density at radius 3 is 2.14 bits per heavy atom. The van der Waals surface area contributed by atoms with Crippen LogP contribution < -0.4 is 0 Å². The molecule has 2 rings (SSSR count). The molecule has 0 aromatic rings. The van der Waals surface area contributed by atoms with Gasteiger partial charge in [-0.1, -0.05) is 26.7 Å². The first-order chi connectivity index (χ1) is 10.1. The van der Waals surface area contributed by atoms with Crippen molar-refractivity contribution in [3.63, 3.8) is 0 Å². The van der Waals surface area contributed by atoms with Crippen molar-refractivity contribution in [2.45, 2.75) is 52.4 Å². The maximum Gasteiger partial charge on any atom is 0.243 e. The normalized spacial score (nSPS) is 20.3. The summed E-state index contributed by atoms with van der Waals surface area (Å²) in [6.45, 7) is 8.86. The number of piperazine rings is 1. The van der Waals surface area contributed by atoms with Crippen molar-refractivity contribution >= 4 is 5.91 Å². The number of carbonyl (C=O) groups excluding carboxylic acids is 1. The Morgan fingerprint density at radius 1 is 1.14 bits per heavy atom. The fraction of sp³-hybridized carbons (Fsp3) is 0.882. The number of carbonyl (C=O) groups is 1. The van der Waals surface area contributed by atoms with Crippen LogP contribution in [0.4, 0.5) is 0 Å². The van der Waals surface area contributed by atoms with Crippen molar-refractivity contribution < 1.29 is 4.79 Å². The summed E-state index contributed by atoms with van der Waals surface area (Å²) in [6, 6.07) is 2.36. The van der Waals surface area contributed by atoms with Crippen LogP contribution in [-0.4, -0.2) is 48.4 Å². The van der Waals surface area contributed by atoms with E-state index in [0.717, 1.165) is 44.9 Å². The molecule has 0 spiro atoms. The SMILES string of the molecule is CCCC(C#N)(CCC)C(=O)N1CCN(CC2CC2)CC1. The van der Waals surface area contributed by atoms with E-state index >= 15 is 0 Å². The topological polar surface area (TPSA) is 47.3 Å². The predicted molar refractivity (Wildman–Crippen MR) is 83.6 cm³/mol. The molecule has 0 atom stereocenters. The van der Waals surface area contributed by atoms with Gasteiger partial charge in [-0.2, -0.15) is 5.26 Å². The molecular weight excluding hydrogens is 262 g/mol. The summed E-state index contributed by atoms with van der Waals surface area (Å²) in [5, 5.41) is 9.61. The highest BCUT2D eigenvalue weighted by atomic mass is 16.2. The molecule has 118 valence electrons. The van der Waals surface area contributed by atoms with Crippen LogP contribution in [0.2, 0.25) is 0 Å². The molecule has 0 aromatic carbocycles. The zero-order valence-electron chi connectivity index (χ0n) is 13.6. The lowest BCUT2D eigenvalue weighted by molar-refractivity contribution is -0.141. The monoisotopic (exact) mass is 291 g/mol. The molecule has 1 aliphatic carbocycles. The van der Waals surface area contributed by atoms with Crippen molar-refractivity contribution in [3.05, 3.63) is 0 Å². The van der Waals surface area contributed by atoms with Gasteiger partial charge >= 0.3 is 0 Å². The van der Waals surface area contributed by atoms with Gasteiger partial charge in [0.05, 0.1) is 6.07 Å². The Bertz CT molecular complexity index is 383. The Labute approximate surface area is 129 Å². The van der Waals surface area contributed by atoms with Crippen LogP contribution in [-0.2, 0) is 4.79 Å². The number of nitriles is 1. The smallest absolute Gasteiger partial charge is 0.243 e. The zero-order valence-corrected chi connectivity index (χ0v) is 13.6. The van der Waals surface area contributed by atoms with E-state index in [2.05, 4.69) is 24.8 Å². The second kappa shape index (κ2) is 7.26. The van der Waals surface area contributed by atoms with Crippen molar-refractivity contribution in [1.29, 1.82) is 5.26 Å². The fourth-order valence-electron chi connectivity index (χ4n) is 3.45. The largest absolute Gasteiger partial charge is 0.339 e. The summed E-state index contributed by atoms with van der Waals surface area (Å²) in [5.74, 6) is 0.991. The highest BCUT2D eigenvalue weighted by molar-refractivity contribution is 5.85. The molecule has 1 saturated heterocycles. The first-order valence-corrected chi connectivity index (χ1v) is 8.58. The Balaban J connectivity index is 1.93. The van der Waals surface area contributed by atoms with Gasteiger partial charge in [0.25, 0.3) is 0 Å². The maximum absolute atomic E-state index is 12.9. The summed E-state index contributed by atoms with van der Waals surface area (Å²) in [6.07, 6.45) is 5.92. The van der Waals surface area contributed by atoms with E-state index < -0.39 is 5.41 Å². The van der Waals surface area contributed by atoms with Crippen molar-refractivity contribution in [3.8, 4) is 6.07 Å². The molecule has 0 N–H and O–H groups in total. The van der Waals surface area contributed by atoms with Crippen LogP contribution in [0.3, 0.4) is 0 Å². The maximum atomic E-state index is 12.9. The van der Waals surface area contributed by atoms with Gasteiger partial charge in [-0.15, -0.1) is 0 Å². The molecule has 0 aromatic heterocycles. The van der Waals surface area contributed by atoms with Crippen LogP contribution in [0.5, 0.6) is 0 Å². The third kappa shape index (κ3) is 3.97. The standard InChI is InChI=1S/C17H29N3O/c1-3-7-17(14-18,8-4-2)16(21)20-11-9-19(10-12-20)13-15-5-6-15/h15H,3-13H2,1-2H3. The van der Waals surface area contributed by atoms with Gasteiger partial charge in [0, 0.05) is 32.7 Å². The second-order valence-electron chi connectivity index (χ2n) is 6.73. The quantitative estimate of drug-likeness (QED) is 0.724. The van der Waals surface area contributed by atoms with Gasteiger partial charge in [0.1, 0.15) is 5.41 Å². The van der Waals surface area contributed by atoms with E-state index in [4.69, 9.17) is 0 Å². The Hall–Kier alpha value is -1.08. The minimum absolute atomic E-state index is 0.0831. The summed E-state index contributed by atoms with van der Waals surface area (Å²) >= 11 is 0. The van der Waals surface area contributed by atoms with E-state index in [1.807, 2.05) is 4.90 Å². The van der Waals surface area contributed by atoms with E-state index in [1.165, 1.54) is 19.4 Å². The van der Waals surface area contributed by atoms with Gasteiger partial charge in [0.15, 0.2) is 0 Å². The number of nitrogens with zero attached hydrogens (tertiary/aromatic N) is 3. The summed E-state index contributed by atoms with van der Waals surface area (Å²) in [5.41, 5.74) is -0.776. The second-order valence-corrected chi connectivity index (χ2v) is 6.73. The Morgan fingerprint density at radius 2 is 1.71 bits per heavy atom. The highest BCUT2D eigenvalue weighted by Gasteiger charge is 2.41. The predicted octanol–water partition coefficient (Wildman–Crippen LogP) is 2.65. The van der Waals surface area contributed by atoms with Crippen molar-refractivity contribution in [1.82, 2.24) is 9.80 Å². The number of rotatable bonds is 7. The lowest BCUT2D eigenvalue weighted by atomic mass is 9.79. The fourth-order valence-corrected chi connectivity index (χ4v) is 3.45. The van der Waals surface area contributed by atoms with Crippen molar-refractivity contribution in [2.24, 2.45) is 11.3 Å².